The van der Waals surface area contributed by atoms with Gasteiger partial charge in [0.15, 0.2) is 0 Å². The molecule has 106 valence electrons. The maximum atomic E-state index is 4.22. The van der Waals surface area contributed by atoms with Crippen molar-refractivity contribution in [3.8, 4) is 5.69 Å². The van der Waals surface area contributed by atoms with Gasteiger partial charge in [-0.15, -0.1) is 5.10 Å². The van der Waals surface area contributed by atoms with E-state index in [2.05, 4.69) is 42.5 Å². The molecule has 3 rings (SSSR count). The van der Waals surface area contributed by atoms with E-state index in [0.29, 0.717) is 0 Å². The lowest BCUT2D eigenvalue weighted by Gasteiger charge is -2.19. The zero-order valence-electron chi connectivity index (χ0n) is 11.3. The first-order chi connectivity index (χ1) is 9.83. The summed E-state index contributed by atoms with van der Waals surface area (Å²) in [4.78, 5) is 2.45. The molecule has 5 nitrogen and oxygen atoms in total. The third kappa shape index (κ3) is 3.26. The van der Waals surface area contributed by atoms with Gasteiger partial charge < -0.3 is 5.32 Å². The van der Waals surface area contributed by atoms with Crippen molar-refractivity contribution in [2.24, 2.45) is 0 Å². The van der Waals surface area contributed by atoms with Gasteiger partial charge in [0, 0.05) is 24.1 Å². The first-order valence-corrected chi connectivity index (χ1v) is 7.71. The van der Waals surface area contributed by atoms with E-state index in [1.807, 2.05) is 29.1 Å². The largest absolute Gasteiger partial charge is 0.315 e. The summed E-state index contributed by atoms with van der Waals surface area (Å²) >= 11 is 3.50. The molecular weight excluding hydrogens is 318 g/mol. The molecule has 0 saturated carbocycles. The Kier molecular flexibility index (Phi) is 4.44. The average Bonchev–Trinajstić information content (AvgIpc) is 2.74. The lowest BCUT2D eigenvalue weighted by Crippen LogP contribution is -2.28. The average molecular weight is 336 g/mol. The fourth-order valence-corrected chi connectivity index (χ4v) is 2.87. The van der Waals surface area contributed by atoms with Gasteiger partial charge in [0.05, 0.1) is 17.6 Å². The van der Waals surface area contributed by atoms with Gasteiger partial charge in [0.1, 0.15) is 0 Å². The number of hydrogen-bond donors (Lipinski definition) is 1. The van der Waals surface area contributed by atoms with Crippen molar-refractivity contribution in [2.45, 2.75) is 13.0 Å². The minimum atomic E-state index is 0.890. The molecule has 0 spiro atoms. The fraction of sp³-hybridized carbons (Fsp3) is 0.429. The predicted molar refractivity (Wildman–Crippen MR) is 81.8 cm³/mol. The van der Waals surface area contributed by atoms with Gasteiger partial charge in [-0.05, 0) is 37.7 Å². The van der Waals surface area contributed by atoms with Crippen LogP contribution in [-0.2, 0) is 6.54 Å². The standard InChI is InChI=1S/C14H18BrN5/c15-12-3-1-4-13(9-12)20-14(10-17-18-20)11-19-7-2-5-16-6-8-19/h1,3-4,9-10,16H,2,5-8,11H2. The summed E-state index contributed by atoms with van der Waals surface area (Å²) in [5.74, 6) is 0. The Morgan fingerprint density at radius 3 is 3.10 bits per heavy atom. The van der Waals surface area contributed by atoms with Gasteiger partial charge in [-0.1, -0.05) is 27.2 Å². The monoisotopic (exact) mass is 335 g/mol. The Morgan fingerprint density at radius 1 is 1.25 bits per heavy atom. The van der Waals surface area contributed by atoms with E-state index < -0.39 is 0 Å². The van der Waals surface area contributed by atoms with Crippen LogP contribution in [0.25, 0.3) is 5.69 Å². The second-order valence-corrected chi connectivity index (χ2v) is 5.91. The van der Waals surface area contributed by atoms with Gasteiger partial charge in [-0.2, -0.15) is 0 Å². The van der Waals surface area contributed by atoms with E-state index in [-0.39, 0.29) is 0 Å². The van der Waals surface area contributed by atoms with E-state index >= 15 is 0 Å². The van der Waals surface area contributed by atoms with Crippen LogP contribution < -0.4 is 5.32 Å². The molecule has 0 radical (unpaired) electrons. The van der Waals surface area contributed by atoms with Crippen LogP contribution in [-0.4, -0.2) is 46.1 Å². The van der Waals surface area contributed by atoms with Crippen molar-refractivity contribution in [1.29, 1.82) is 0 Å². The van der Waals surface area contributed by atoms with Crippen LogP contribution in [0.15, 0.2) is 34.9 Å². The first kappa shape index (κ1) is 13.7. The van der Waals surface area contributed by atoms with Crippen LogP contribution in [0.3, 0.4) is 0 Å². The molecule has 1 saturated heterocycles. The molecular formula is C14H18BrN5. The zero-order valence-corrected chi connectivity index (χ0v) is 12.9. The van der Waals surface area contributed by atoms with Crippen LogP contribution in [0.2, 0.25) is 0 Å². The first-order valence-electron chi connectivity index (χ1n) is 6.91. The SMILES string of the molecule is Brc1cccc(-n2nncc2CN2CCCNCC2)c1. The van der Waals surface area contributed by atoms with Crippen LogP contribution in [0.4, 0.5) is 0 Å². The lowest BCUT2D eigenvalue weighted by molar-refractivity contribution is 0.278. The number of halogens is 1. The minimum Gasteiger partial charge on any atom is -0.315 e. The van der Waals surface area contributed by atoms with Gasteiger partial charge >= 0.3 is 0 Å². The molecule has 0 atom stereocenters. The molecule has 0 amide bonds. The van der Waals surface area contributed by atoms with Crippen LogP contribution in [0.1, 0.15) is 12.1 Å². The number of nitrogens with zero attached hydrogens (tertiary/aromatic N) is 4. The molecule has 2 aromatic rings. The van der Waals surface area contributed by atoms with Crippen LogP contribution in [0, 0.1) is 0 Å². The van der Waals surface area contributed by atoms with Gasteiger partial charge in [0.25, 0.3) is 0 Å². The van der Waals surface area contributed by atoms with Gasteiger partial charge in [0.2, 0.25) is 0 Å². The molecule has 0 unspecified atom stereocenters. The molecule has 1 aliphatic rings. The summed E-state index contributed by atoms with van der Waals surface area (Å²) in [6.07, 6.45) is 3.05. The summed E-state index contributed by atoms with van der Waals surface area (Å²) in [7, 11) is 0. The predicted octanol–water partition coefficient (Wildman–Crippen LogP) is 1.83. The zero-order chi connectivity index (χ0) is 13.8. The molecule has 1 aliphatic heterocycles. The molecule has 0 bridgehead atoms. The Balaban J connectivity index is 1.79. The molecule has 0 aliphatic carbocycles. The highest BCUT2D eigenvalue weighted by molar-refractivity contribution is 9.10. The molecule has 1 fully saturated rings. The number of nitrogens with one attached hydrogen (secondary N) is 1. The molecule has 1 N–H and O–H groups in total. The van der Waals surface area contributed by atoms with Crippen molar-refractivity contribution < 1.29 is 0 Å². The molecule has 2 heterocycles. The topological polar surface area (TPSA) is 46.0 Å². The smallest absolute Gasteiger partial charge is 0.0786 e. The van der Waals surface area contributed by atoms with Crippen molar-refractivity contribution in [3.05, 3.63) is 40.6 Å². The minimum absolute atomic E-state index is 0.890. The number of hydrogen-bond acceptors (Lipinski definition) is 4. The van der Waals surface area contributed by atoms with Crippen LogP contribution >= 0.6 is 15.9 Å². The quantitative estimate of drug-likeness (QED) is 0.929. The van der Waals surface area contributed by atoms with E-state index in [0.717, 1.165) is 48.6 Å². The summed E-state index contributed by atoms with van der Waals surface area (Å²) in [6, 6.07) is 8.14. The van der Waals surface area contributed by atoms with Crippen molar-refractivity contribution >= 4 is 15.9 Å². The van der Waals surface area contributed by atoms with E-state index in [1.165, 1.54) is 6.42 Å². The molecule has 20 heavy (non-hydrogen) atoms. The highest BCUT2D eigenvalue weighted by Gasteiger charge is 2.13. The van der Waals surface area contributed by atoms with E-state index in [9.17, 15) is 0 Å². The number of aromatic nitrogens is 3. The highest BCUT2D eigenvalue weighted by Crippen LogP contribution is 2.17. The summed E-state index contributed by atoms with van der Waals surface area (Å²) in [6.45, 7) is 5.25. The summed E-state index contributed by atoms with van der Waals surface area (Å²) in [5, 5.41) is 11.7. The molecule has 1 aromatic heterocycles. The lowest BCUT2D eigenvalue weighted by atomic mass is 10.3. The Morgan fingerprint density at radius 2 is 2.20 bits per heavy atom. The van der Waals surface area contributed by atoms with Gasteiger partial charge in [-0.25, -0.2) is 4.68 Å². The Bertz CT molecular complexity index is 560. The van der Waals surface area contributed by atoms with Crippen molar-refractivity contribution in [3.63, 3.8) is 0 Å². The number of benzene rings is 1. The second-order valence-electron chi connectivity index (χ2n) is 5.00. The Hall–Kier alpha value is -1.24. The van der Waals surface area contributed by atoms with Gasteiger partial charge in [-0.3, -0.25) is 4.90 Å². The molecule has 1 aromatic carbocycles. The number of rotatable bonds is 3. The van der Waals surface area contributed by atoms with Crippen molar-refractivity contribution in [1.82, 2.24) is 25.2 Å². The van der Waals surface area contributed by atoms with E-state index in [4.69, 9.17) is 0 Å². The van der Waals surface area contributed by atoms with Crippen LogP contribution in [0.5, 0.6) is 0 Å². The maximum Gasteiger partial charge on any atom is 0.0786 e. The normalized spacial score (nSPS) is 17.1. The van der Waals surface area contributed by atoms with Crippen molar-refractivity contribution in [2.75, 3.05) is 26.2 Å². The maximum absolute atomic E-state index is 4.22. The summed E-state index contributed by atoms with van der Waals surface area (Å²) < 4.78 is 2.97. The molecule has 6 heteroatoms. The third-order valence-electron chi connectivity index (χ3n) is 3.49. The second kappa shape index (κ2) is 6.47. The highest BCUT2D eigenvalue weighted by atomic mass is 79.9. The third-order valence-corrected chi connectivity index (χ3v) is 3.98. The van der Waals surface area contributed by atoms with E-state index in [1.54, 1.807) is 0 Å². The Labute approximate surface area is 127 Å². The fourth-order valence-electron chi connectivity index (χ4n) is 2.48. The summed E-state index contributed by atoms with van der Waals surface area (Å²) in [5.41, 5.74) is 2.17.